The van der Waals surface area contributed by atoms with Crippen LogP contribution in [0.3, 0.4) is 0 Å². The van der Waals surface area contributed by atoms with E-state index in [1.54, 1.807) is 18.7 Å². The number of nitrogens with one attached hydrogen (secondary N) is 1. The van der Waals surface area contributed by atoms with E-state index in [0.29, 0.717) is 24.6 Å². The number of hydrogen-bond donors (Lipinski definition) is 1. The molecule has 3 aromatic rings. The van der Waals surface area contributed by atoms with Crippen LogP contribution in [0, 0.1) is 0 Å². The van der Waals surface area contributed by atoms with Gasteiger partial charge in [0.25, 0.3) is 5.91 Å². The molecule has 1 aromatic carbocycles. The molecule has 26 heavy (non-hydrogen) atoms. The zero-order valence-corrected chi connectivity index (χ0v) is 14.3. The zero-order valence-electron chi connectivity index (χ0n) is 14.3. The molecule has 2 aromatic heterocycles. The number of imidazole rings is 1. The highest BCUT2D eigenvalue weighted by Gasteiger charge is 2.32. The predicted molar refractivity (Wildman–Crippen MR) is 95.6 cm³/mol. The highest BCUT2D eigenvalue weighted by Crippen LogP contribution is 2.37. The van der Waals surface area contributed by atoms with Crippen molar-refractivity contribution in [2.24, 2.45) is 0 Å². The van der Waals surface area contributed by atoms with Gasteiger partial charge >= 0.3 is 0 Å². The van der Waals surface area contributed by atoms with Crippen molar-refractivity contribution in [2.75, 3.05) is 6.54 Å². The molecule has 0 spiro atoms. The lowest BCUT2D eigenvalue weighted by atomic mass is 9.91. The lowest BCUT2D eigenvalue weighted by Crippen LogP contribution is -2.38. The molecule has 6 nitrogen and oxygen atoms in total. The topological polar surface area (TPSA) is 74.8 Å². The Morgan fingerprint density at radius 2 is 1.85 bits per heavy atom. The minimum Gasteiger partial charge on any atom is -0.347 e. The van der Waals surface area contributed by atoms with Crippen molar-refractivity contribution >= 4 is 5.91 Å². The van der Waals surface area contributed by atoms with Crippen LogP contribution in [0.5, 0.6) is 0 Å². The number of fused-ring (bicyclic) bond motifs is 1. The third kappa shape index (κ3) is 2.67. The van der Waals surface area contributed by atoms with E-state index in [0.717, 1.165) is 30.1 Å². The number of H-pyrrole nitrogens is 1. The van der Waals surface area contributed by atoms with E-state index in [2.05, 4.69) is 32.1 Å². The van der Waals surface area contributed by atoms with Gasteiger partial charge in [0.1, 0.15) is 5.82 Å². The van der Waals surface area contributed by atoms with Crippen LogP contribution in [0.4, 0.5) is 0 Å². The van der Waals surface area contributed by atoms with Crippen molar-refractivity contribution in [1.82, 2.24) is 24.8 Å². The number of nitrogens with zero attached hydrogens (tertiary/aromatic N) is 4. The summed E-state index contributed by atoms with van der Waals surface area (Å²) in [4.78, 5) is 31.3. The normalized spacial score (nSPS) is 19.2. The second-order valence-electron chi connectivity index (χ2n) is 7.02. The molecule has 1 unspecified atom stereocenters. The van der Waals surface area contributed by atoms with E-state index in [9.17, 15) is 4.79 Å². The monoisotopic (exact) mass is 345 g/mol. The molecule has 1 aliphatic carbocycles. The lowest BCUT2D eigenvalue weighted by Gasteiger charge is -2.32. The molecule has 5 rings (SSSR count). The van der Waals surface area contributed by atoms with Crippen molar-refractivity contribution in [3.8, 4) is 0 Å². The summed E-state index contributed by atoms with van der Waals surface area (Å²) >= 11 is 0. The SMILES string of the molecule is O=C(c1cnc(C2CC2)nc1)N1Cc2[nH]cnc2C(c2ccccc2)C1. The minimum atomic E-state index is -0.0338. The van der Waals surface area contributed by atoms with Gasteiger partial charge in [0.15, 0.2) is 0 Å². The fraction of sp³-hybridized carbons (Fsp3) is 0.300. The fourth-order valence-electron chi connectivity index (χ4n) is 3.61. The van der Waals surface area contributed by atoms with Gasteiger partial charge in [-0.25, -0.2) is 15.0 Å². The van der Waals surface area contributed by atoms with E-state index in [-0.39, 0.29) is 11.8 Å². The summed E-state index contributed by atoms with van der Waals surface area (Å²) in [5, 5.41) is 0. The molecule has 1 saturated carbocycles. The average Bonchev–Trinajstić information content (AvgIpc) is 3.44. The molecule has 0 radical (unpaired) electrons. The third-order valence-electron chi connectivity index (χ3n) is 5.18. The summed E-state index contributed by atoms with van der Waals surface area (Å²) in [6.45, 7) is 1.13. The molecular weight excluding hydrogens is 326 g/mol. The summed E-state index contributed by atoms with van der Waals surface area (Å²) < 4.78 is 0. The summed E-state index contributed by atoms with van der Waals surface area (Å²) in [6, 6.07) is 10.2. The molecule has 2 aliphatic rings. The van der Waals surface area contributed by atoms with Crippen LogP contribution in [-0.4, -0.2) is 37.3 Å². The molecule has 3 heterocycles. The van der Waals surface area contributed by atoms with Gasteiger partial charge in [-0.15, -0.1) is 0 Å². The predicted octanol–water partition coefficient (Wildman–Crippen LogP) is 2.87. The Kier molecular flexibility index (Phi) is 3.55. The van der Waals surface area contributed by atoms with Gasteiger partial charge in [-0.3, -0.25) is 4.79 Å². The molecular formula is C20H19N5O. The van der Waals surface area contributed by atoms with Crippen molar-refractivity contribution in [3.63, 3.8) is 0 Å². The van der Waals surface area contributed by atoms with Gasteiger partial charge in [-0.1, -0.05) is 30.3 Å². The van der Waals surface area contributed by atoms with Gasteiger partial charge in [0, 0.05) is 30.8 Å². The highest BCUT2D eigenvalue weighted by molar-refractivity contribution is 5.93. The Morgan fingerprint density at radius 1 is 1.08 bits per heavy atom. The van der Waals surface area contributed by atoms with E-state index < -0.39 is 0 Å². The van der Waals surface area contributed by atoms with Crippen LogP contribution in [-0.2, 0) is 6.54 Å². The first-order chi connectivity index (χ1) is 12.8. The van der Waals surface area contributed by atoms with Gasteiger partial charge < -0.3 is 9.88 Å². The molecule has 1 atom stereocenters. The Bertz CT molecular complexity index is 930. The van der Waals surface area contributed by atoms with Gasteiger partial charge in [-0.2, -0.15) is 0 Å². The largest absolute Gasteiger partial charge is 0.347 e. The van der Waals surface area contributed by atoms with Crippen molar-refractivity contribution in [3.05, 3.63) is 77.4 Å². The summed E-state index contributed by atoms with van der Waals surface area (Å²) in [6.07, 6.45) is 7.36. The van der Waals surface area contributed by atoms with Crippen molar-refractivity contribution in [2.45, 2.75) is 31.2 Å². The number of benzene rings is 1. The molecule has 0 bridgehead atoms. The van der Waals surface area contributed by atoms with Crippen LogP contribution in [0.2, 0.25) is 0 Å². The number of amides is 1. The van der Waals surface area contributed by atoms with Crippen LogP contribution >= 0.6 is 0 Å². The second kappa shape index (κ2) is 6.05. The summed E-state index contributed by atoms with van der Waals surface area (Å²) in [5.41, 5.74) is 3.73. The summed E-state index contributed by atoms with van der Waals surface area (Å²) in [5.74, 6) is 1.39. The van der Waals surface area contributed by atoms with E-state index in [1.807, 2.05) is 23.1 Å². The van der Waals surface area contributed by atoms with Crippen LogP contribution < -0.4 is 0 Å². The number of aromatic amines is 1. The zero-order chi connectivity index (χ0) is 17.5. The number of carbonyl (C=O) groups excluding carboxylic acids is 1. The minimum absolute atomic E-state index is 0.0338. The van der Waals surface area contributed by atoms with Gasteiger partial charge in [0.05, 0.1) is 29.8 Å². The van der Waals surface area contributed by atoms with E-state index in [1.165, 1.54) is 5.56 Å². The molecule has 1 fully saturated rings. The Morgan fingerprint density at radius 3 is 2.58 bits per heavy atom. The van der Waals surface area contributed by atoms with Crippen molar-refractivity contribution < 1.29 is 4.79 Å². The Hall–Kier alpha value is -3.02. The number of carbonyl (C=O) groups is 1. The quantitative estimate of drug-likeness (QED) is 0.792. The standard InChI is InChI=1S/C20H19N5O/c26-20(15-8-21-19(22-9-15)14-6-7-14)25-10-16(13-4-2-1-3-5-13)18-17(11-25)23-12-24-18/h1-5,8-9,12,14,16H,6-7,10-11H2,(H,23,24). The second-order valence-corrected chi connectivity index (χ2v) is 7.02. The molecule has 1 amide bonds. The fourth-order valence-corrected chi connectivity index (χ4v) is 3.61. The van der Waals surface area contributed by atoms with Crippen molar-refractivity contribution in [1.29, 1.82) is 0 Å². The molecule has 1 aliphatic heterocycles. The number of rotatable bonds is 3. The Balaban J connectivity index is 1.43. The number of hydrogen-bond acceptors (Lipinski definition) is 4. The van der Waals surface area contributed by atoms with Gasteiger partial charge in [-0.05, 0) is 18.4 Å². The van der Waals surface area contributed by atoms with E-state index >= 15 is 0 Å². The maximum Gasteiger partial charge on any atom is 0.257 e. The van der Waals surface area contributed by atoms with Crippen LogP contribution in [0.15, 0.2) is 49.1 Å². The first-order valence-corrected chi connectivity index (χ1v) is 8.98. The van der Waals surface area contributed by atoms with Gasteiger partial charge in [0.2, 0.25) is 0 Å². The number of aromatic nitrogens is 4. The average molecular weight is 345 g/mol. The van der Waals surface area contributed by atoms with Crippen LogP contribution in [0.1, 0.15) is 57.8 Å². The third-order valence-corrected chi connectivity index (χ3v) is 5.18. The maximum atomic E-state index is 13.0. The molecule has 130 valence electrons. The Labute approximate surface area is 151 Å². The van der Waals surface area contributed by atoms with E-state index in [4.69, 9.17) is 0 Å². The molecule has 0 saturated heterocycles. The first kappa shape index (κ1) is 15.3. The first-order valence-electron chi connectivity index (χ1n) is 8.98. The van der Waals surface area contributed by atoms with Crippen LogP contribution in [0.25, 0.3) is 0 Å². The highest BCUT2D eigenvalue weighted by atomic mass is 16.2. The lowest BCUT2D eigenvalue weighted by molar-refractivity contribution is 0.0721. The molecule has 1 N–H and O–H groups in total. The molecule has 6 heteroatoms. The smallest absolute Gasteiger partial charge is 0.257 e. The maximum absolute atomic E-state index is 13.0. The summed E-state index contributed by atoms with van der Waals surface area (Å²) in [7, 11) is 0.